The molecular weight excluding hydrogens is 222 g/mol. The number of hydrogen-bond donors (Lipinski definition) is 1. The minimum Gasteiger partial charge on any atom is -0.463 e. The molecule has 2 unspecified atom stereocenters. The molecule has 2 atom stereocenters. The number of rotatable bonds is 6. The molecule has 0 aromatic rings. The van der Waals surface area contributed by atoms with E-state index in [1.54, 1.807) is 0 Å². The second kappa shape index (κ2) is 7.74. The topological polar surface area (TPSA) is 38.3 Å². The first kappa shape index (κ1) is 13.6. The van der Waals surface area contributed by atoms with E-state index in [0.29, 0.717) is 12.6 Å². The zero-order valence-corrected chi connectivity index (χ0v) is 10.9. The van der Waals surface area contributed by atoms with Gasteiger partial charge >= 0.3 is 5.97 Å². The van der Waals surface area contributed by atoms with Gasteiger partial charge in [-0.3, -0.25) is 0 Å². The average Bonchev–Trinajstić information content (AvgIpc) is 2.73. The summed E-state index contributed by atoms with van der Waals surface area (Å²) in [4.78, 5) is 11.0. The van der Waals surface area contributed by atoms with Crippen molar-refractivity contribution in [2.75, 3.05) is 19.4 Å². The summed E-state index contributed by atoms with van der Waals surface area (Å²) in [6, 6.07) is 0.615. The molecule has 0 spiro atoms. The highest BCUT2D eigenvalue weighted by atomic mass is 32.2. The van der Waals surface area contributed by atoms with Gasteiger partial charge in [0.2, 0.25) is 0 Å². The van der Waals surface area contributed by atoms with Gasteiger partial charge in [0, 0.05) is 23.9 Å². The largest absolute Gasteiger partial charge is 0.463 e. The Balaban J connectivity index is 2.09. The fourth-order valence-electron chi connectivity index (χ4n) is 1.92. The quantitative estimate of drug-likeness (QED) is 0.572. The molecule has 0 aromatic carbocycles. The Morgan fingerprint density at radius 3 is 3.00 bits per heavy atom. The standard InChI is InChI=1S/C12H21NO2S/c1-3-15-12(14)5-4-8-13-10-6-7-11(9-10)16-2/h4-5,10-11,13H,3,6-9H2,1-2H3/b5-4+. The Labute approximate surface area is 102 Å². The lowest BCUT2D eigenvalue weighted by molar-refractivity contribution is -0.137. The Kier molecular flexibility index (Phi) is 6.57. The van der Waals surface area contributed by atoms with Gasteiger partial charge in [-0.25, -0.2) is 4.79 Å². The van der Waals surface area contributed by atoms with Gasteiger partial charge in [-0.05, 0) is 32.4 Å². The van der Waals surface area contributed by atoms with Crippen molar-refractivity contribution < 1.29 is 9.53 Å². The highest BCUT2D eigenvalue weighted by Crippen LogP contribution is 2.27. The van der Waals surface area contributed by atoms with Crippen molar-refractivity contribution in [3.05, 3.63) is 12.2 Å². The second-order valence-corrected chi connectivity index (χ2v) is 5.07. The fourth-order valence-corrected chi connectivity index (χ4v) is 2.72. The average molecular weight is 243 g/mol. The summed E-state index contributed by atoms with van der Waals surface area (Å²) in [6.45, 7) is 3.00. The van der Waals surface area contributed by atoms with Crippen molar-refractivity contribution >= 4 is 17.7 Å². The van der Waals surface area contributed by atoms with Crippen LogP contribution in [0.25, 0.3) is 0 Å². The van der Waals surface area contributed by atoms with Gasteiger partial charge in [-0.2, -0.15) is 11.8 Å². The van der Waals surface area contributed by atoms with Crippen molar-refractivity contribution in [1.82, 2.24) is 5.32 Å². The molecular formula is C12H21NO2S. The third kappa shape index (κ3) is 5.03. The van der Waals surface area contributed by atoms with Gasteiger partial charge in [0.15, 0.2) is 0 Å². The molecule has 0 saturated heterocycles. The molecule has 0 heterocycles. The maximum Gasteiger partial charge on any atom is 0.330 e. The van der Waals surface area contributed by atoms with Crippen LogP contribution in [0.3, 0.4) is 0 Å². The summed E-state index contributed by atoms with van der Waals surface area (Å²) < 4.78 is 4.79. The van der Waals surface area contributed by atoms with Crippen LogP contribution in [0.1, 0.15) is 26.2 Å². The monoisotopic (exact) mass is 243 g/mol. The van der Waals surface area contributed by atoms with E-state index in [4.69, 9.17) is 4.74 Å². The van der Waals surface area contributed by atoms with Crippen LogP contribution in [0, 0.1) is 0 Å². The number of carbonyl (C=O) groups is 1. The smallest absolute Gasteiger partial charge is 0.330 e. The fraction of sp³-hybridized carbons (Fsp3) is 0.750. The highest BCUT2D eigenvalue weighted by Gasteiger charge is 2.22. The highest BCUT2D eigenvalue weighted by molar-refractivity contribution is 7.99. The minimum absolute atomic E-state index is 0.252. The third-order valence-corrected chi connectivity index (χ3v) is 3.88. The molecule has 92 valence electrons. The molecule has 1 aliphatic carbocycles. The molecule has 4 heteroatoms. The maximum atomic E-state index is 11.0. The number of nitrogens with one attached hydrogen (secondary N) is 1. The summed E-state index contributed by atoms with van der Waals surface area (Å²) in [5, 5.41) is 4.25. The predicted molar refractivity (Wildman–Crippen MR) is 68.7 cm³/mol. The van der Waals surface area contributed by atoms with Crippen LogP contribution in [-0.2, 0) is 9.53 Å². The van der Waals surface area contributed by atoms with Crippen LogP contribution >= 0.6 is 11.8 Å². The number of esters is 1. The summed E-state index contributed by atoms with van der Waals surface area (Å²) in [5.74, 6) is -0.252. The Hall–Kier alpha value is -0.480. The van der Waals surface area contributed by atoms with Gasteiger partial charge in [0.05, 0.1) is 6.61 Å². The lowest BCUT2D eigenvalue weighted by Crippen LogP contribution is -2.26. The van der Waals surface area contributed by atoms with Crippen molar-refractivity contribution in [1.29, 1.82) is 0 Å². The van der Waals surface area contributed by atoms with Crippen LogP contribution in [0.4, 0.5) is 0 Å². The lowest BCUT2D eigenvalue weighted by Gasteiger charge is -2.10. The summed E-state index contributed by atoms with van der Waals surface area (Å²) in [6.07, 6.45) is 9.31. The van der Waals surface area contributed by atoms with E-state index in [0.717, 1.165) is 11.8 Å². The molecule has 0 bridgehead atoms. The van der Waals surface area contributed by atoms with Crippen molar-refractivity contribution in [3.8, 4) is 0 Å². The summed E-state index contributed by atoms with van der Waals surface area (Å²) in [7, 11) is 0. The van der Waals surface area contributed by atoms with Gasteiger partial charge < -0.3 is 10.1 Å². The lowest BCUT2D eigenvalue weighted by atomic mass is 10.2. The van der Waals surface area contributed by atoms with Crippen molar-refractivity contribution in [2.24, 2.45) is 0 Å². The first-order valence-electron chi connectivity index (χ1n) is 5.85. The Morgan fingerprint density at radius 2 is 2.38 bits per heavy atom. The van der Waals surface area contributed by atoms with Crippen molar-refractivity contribution in [3.63, 3.8) is 0 Å². The first-order valence-corrected chi connectivity index (χ1v) is 7.14. The zero-order chi connectivity index (χ0) is 11.8. The summed E-state index contributed by atoms with van der Waals surface area (Å²) >= 11 is 1.95. The Morgan fingerprint density at radius 1 is 1.56 bits per heavy atom. The van der Waals surface area contributed by atoms with Crippen LogP contribution in [-0.4, -0.2) is 36.7 Å². The molecule has 3 nitrogen and oxygen atoms in total. The van der Waals surface area contributed by atoms with E-state index in [1.165, 1.54) is 25.3 Å². The van der Waals surface area contributed by atoms with Gasteiger partial charge in [-0.15, -0.1) is 0 Å². The molecule has 16 heavy (non-hydrogen) atoms. The molecule has 1 aliphatic rings. The molecule has 0 radical (unpaired) electrons. The van der Waals surface area contributed by atoms with E-state index < -0.39 is 0 Å². The van der Waals surface area contributed by atoms with E-state index in [1.807, 2.05) is 24.8 Å². The van der Waals surface area contributed by atoms with E-state index in [-0.39, 0.29) is 5.97 Å². The number of ether oxygens (including phenoxy) is 1. The maximum absolute atomic E-state index is 11.0. The molecule has 1 N–H and O–H groups in total. The number of carbonyl (C=O) groups excluding carboxylic acids is 1. The Bertz CT molecular complexity index is 243. The van der Waals surface area contributed by atoms with Gasteiger partial charge in [-0.1, -0.05) is 6.08 Å². The second-order valence-electron chi connectivity index (χ2n) is 3.93. The van der Waals surface area contributed by atoms with Gasteiger partial charge in [0.25, 0.3) is 0 Å². The van der Waals surface area contributed by atoms with Crippen LogP contribution in [0.5, 0.6) is 0 Å². The van der Waals surface area contributed by atoms with Gasteiger partial charge in [0.1, 0.15) is 0 Å². The molecule has 0 aromatic heterocycles. The molecule has 1 fully saturated rings. The number of thioether (sulfide) groups is 1. The third-order valence-electron chi connectivity index (χ3n) is 2.78. The molecule has 0 amide bonds. The summed E-state index contributed by atoms with van der Waals surface area (Å²) in [5.41, 5.74) is 0. The van der Waals surface area contributed by atoms with E-state index in [9.17, 15) is 4.79 Å². The van der Waals surface area contributed by atoms with Crippen molar-refractivity contribution in [2.45, 2.75) is 37.5 Å². The SMILES string of the molecule is CCOC(=O)/C=C/CNC1CCC(SC)C1. The van der Waals surface area contributed by atoms with Crippen LogP contribution in [0.15, 0.2) is 12.2 Å². The first-order chi connectivity index (χ1) is 7.76. The normalized spacial score (nSPS) is 25.1. The van der Waals surface area contributed by atoms with E-state index >= 15 is 0 Å². The molecule has 1 saturated carbocycles. The van der Waals surface area contributed by atoms with Crippen LogP contribution < -0.4 is 5.32 Å². The van der Waals surface area contributed by atoms with Crippen LogP contribution in [0.2, 0.25) is 0 Å². The minimum atomic E-state index is -0.252. The molecule has 1 rings (SSSR count). The number of hydrogen-bond acceptors (Lipinski definition) is 4. The zero-order valence-electron chi connectivity index (χ0n) is 10.1. The predicted octanol–water partition coefficient (Wildman–Crippen LogP) is 1.98. The van der Waals surface area contributed by atoms with E-state index in [2.05, 4.69) is 11.6 Å². The molecule has 0 aliphatic heterocycles.